The van der Waals surface area contributed by atoms with Crippen molar-refractivity contribution in [3.05, 3.63) is 30.5 Å². The molecular formula is C17H23N3. The van der Waals surface area contributed by atoms with Gasteiger partial charge in [-0.2, -0.15) is 0 Å². The van der Waals surface area contributed by atoms with Crippen LogP contribution in [0, 0.1) is 11.3 Å². The number of nitrogens with two attached hydrogens (primary N) is 1. The van der Waals surface area contributed by atoms with Crippen LogP contribution in [0.2, 0.25) is 0 Å². The topological polar surface area (TPSA) is 42.2 Å². The number of anilines is 2. The number of benzene rings is 1. The molecule has 2 aromatic rings. The minimum atomic E-state index is 0.377. The van der Waals surface area contributed by atoms with E-state index < -0.39 is 0 Å². The van der Waals surface area contributed by atoms with Crippen molar-refractivity contribution >= 4 is 22.3 Å². The SMILES string of the molecule is CC(C)(C)C1CCN(c2ccnc3cc(N)ccc23)C1. The minimum absolute atomic E-state index is 0.377. The van der Waals surface area contributed by atoms with Crippen LogP contribution < -0.4 is 10.6 Å². The number of nitrogens with zero attached hydrogens (tertiary/aromatic N) is 2. The van der Waals surface area contributed by atoms with Crippen molar-refractivity contribution in [2.75, 3.05) is 23.7 Å². The van der Waals surface area contributed by atoms with Gasteiger partial charge in [-0.1, -0.05) is 20.8 Å². The van der Waals surface area contributed by atoms with E-state index in [0.717, 1.165) is 30.2 Å². The Morgan fingerprint density at radius 2 is 2.05 bits per heavy atom. The molecule has 1 aliphatic heterocycles. The Kier molecular flexibility index (Phi) is 3.08. The number of fused-ring (bicyclic) bond motifs is 1. The molecule has 0 radical (unpaired) electrons. The summed E-state index contributed by atoms with van der Waals surface area (Å²) in [6.45, 7) is 9.28. The Morgan fingerprint density at radius 1 is 1.25 bits per heavy atom. The van der Waals surface area contributed by atoms with Crippen molar-refractivity contribution in [1.82, 2.24) is 4.98 Å². The Labute approximate surface area is 120 Å². The van der Waals surface area contributed by atoms with E-state index in [9.17, 15) is 0 Å². The summed E-state index contributed by atoms with van der Waals surface area (Å²) in [5.74, 6) is 0.750. The van der Waals surface area contributed by atoms with E-state index in [1.807, 2.05) is 18.3 Å². The van der Waals surface area contributed by atoms with Gasteiger partial charge in [0.25, 0.3) is 0 Å². The molecule has 1 aliphatic rings. The molecular weight excluding hydrogens is 246 g/mol. The van der Waals surface area contributed by atoms with Crippen LogP contribution in [0.15, 0.2) is 30.5 Å². The predicted octanol–water partition coefficient (Wildman–Crippen LogP) is 3.69. The van der Waals surface area contributed by atoms with Crippen molar-refractivity contribution in [3.8, 4) is 0 Å². The molecule has 106 valence electrons. The van der Waals surface area contributed by atoms with Crippen molar-refractivity contribution < 1.29 is 0 Å². The molecule has 2 heterocycles. The first kappa shape index (κ1) is 13.2. The number of aromatic nitrogens is 1. The van der Waals surface area contributed by atoms with E-state index in [1.165, 1.54) is 17.5 Å². The second-order valence-corrected chi connectivity index (χ2v) is 6.90. The standard InChI is InChI=1S/C17H23N3/c1-17(2,3)12-7-9-20(11-12)16-6-8-19-15-10-13(18)4-5-14(15)16/h4-6,8,10,12H,7,9,11,18H2,1-3H3. The van der Waals surface area contributed by atoms with Crippen LogP contribution in [0.25, 0.3) is 10.9 Å². The lowest BCUT2D eigenvalue weighted by Gasteiger charge is -2.27. The average Bonchev–Trinajstić information content (AvgIpc) is 2.87. The highest BCUT2D eigenvalue weighted by molar-refractivity contribution is 5.93. The number of pyridine rings is 1. The fraction of sp³-hybridized carbons (Fsp3) is 0.471. The second kappa shape index (κ2) is 4.65. The highest BCUT2D eigenvalue weighted by Gasteiger charge is 2.32. The summed E-state index contributed by atoms with van der Waals surface area (Å²) in [5.41, 5.74) is 9.29. The molecule has 0 saturated carbocycles. The predicted molar refractivity (Wildman–Crippen MR) is 85.9 cm³/mol. The highest BCUT2D eigenvalue weighted by atomic mass is 15.2. The summed E-state index contributed by atoms with van der Waals surface area (Å²) in [6, 6.07) is 8.14. The molecule has 2 N–H and O–H groups in total. The van der Waals surface area contributed by atoms with Crippen molar-refractivity contribution in [2.45, 2.75) is 27.2 Å². The maximum Gasteiger partial charge on any atom is 0.0743 e. The molecule has 3 nitrogen and oxygen atoms in total. The van der Waals surface area contributed by atoms with Crippen LogP contribution in [0.3, 0.4) is 0 Å². The Hall–Kier alpha value is -1.77. The first-order valence-corrected chi connectivity index (χ1v) is 7.34. The first-order chi connectivity index (χ1) is 9.45. The quantitative estimate of drug-likeness (QED) is 0.803. The van der Waals surface area contributed by atoms with E-state index in [0.29, 0.717) is 5.41 Å². The monoisotopic (exact) mass is 269 g/mol. The number of rotatable bonds is 1. The smallest absolute Gasteiger partial charge is 0.0743 e. The maximum absolute atomic E-state index is 5.85. The number of nitrogen functional groups attached to an aromatic ring is 1. The van der Waals surface area contributed by atoms with Gasteiger partial charge in [-0.3, -0.25) is 4.98 Å². The minimum Gasteiger partial charge on any atom is -0.399 e. The molecule has 1 saturated heterocycles. The van der Waals surface area contributed by atoms with Gasteiger partial charge < -0.3 is 10.6 Å². The summed E-state index contributed by atoms with van der Waals surface area (Å²) in [7, 11) is 0. The Bertz CT molecular complexity index is 628. The molecule has 0 spiro atoms. The largest absolute Gasteiger partial charge is 0.399 e. The van der Waals surface area contributed by atoms with Gasteiger partial charge in [-0.05, 0) is 42.0 Å². The van der Waals surface area contributed by atoms with E-state index in [4.69, 9.17) is 5.73 Å². The molecule has 3 rings (SSSR count). The molecule has 3 heteroatoms. The maximum atomic E-state index is 5.85. The Balaban J connectivity index is 1.96. The van der Waals surface area contributed by atoms with Gasteiger partial charge in [0.15, 0.2) is 0 Å². The summed E-state index contributed by atoms with van der Waals surface area (Å²) < 4.78 is 0. The highest BCUT2D eigenvalue weighted by Crippen LogP contribution is 2.37. The average molecular weight is 269 g/mol. The van der Waals surface area contributed by atoms with Gasteiger partial charge in [0.2, 0.25) is 0 Å². The van der Waals surface area contributed by atoms with Crippen LogP contribution in [-0.4, -0.2) is 18.1 Å². The lowest BCUT2D eigenvalue weighted by atomic mass is 9.80. The fourth-order valence-corrected chi connectivity index (χ4v) is 3.11. The van der Waals surface area contributed by atoms with Gasteiger partial charge in [0, 0.05) is 36.0 Å². The summed E-state index contributed by atoms with van der Waals surface area (Å²) >= 11 is 0. The van der Waals surface area contributed by atoms with E-state index in [-0.39, 0.29) is 0 Å². The second-order valence-electron chi connectivity index (χ2n) is 6.90. The van der Waals surface area contributed by atoms with Crippen LogP contribution in [-0.2, 0) is 0 Å². The summed E-state index contributed by atoms with van der Waals surface area (Å²) in [5, 5.41) is 1.20. The third-order valence-electron chi connectivity index (χ3n) is 4.50. The van der Waals surface area contributed by atoms with Gasteiger partial charge in [0.05, 0.1) is 5.52 Å². The molecule has 1 fully saturated rings. The van der Waals surface area contributed by atoms with Gasteiger partial charge in [0.1, 0.15) is 0 Å². The molecule has 0 aliphatic carbocycles. The first-order valence-electron chi connectivity index (χ1n) is 7.34. The van der Waals surface area contributed by atoms with Crippen LogP contribution >= 0.6 is 0 Å². The molecule has 1 unspecified atom stereocenters. The zero-order chi connectivity index (χ0) is 14.3. The lowest BCUT2D eigenvalue weighted by molar-refractivity contribution is 0.263. The zero-order valence-corrected chi connectivity index (χ0v) is 12.6. The molecule has 1 atom stereocenters. The molecule has 1 aromatic heterocycles. The van der Waals surface area contributed by atoms with Crippen molar-refractivity contribution in [3.63, 3.8) is 0 Å². The molecule has 1 aromatic carbocycles. The summed E-state index contributed by atoms with van der Waals surface area (Å²) in [4.78, 5) is 6.93. The third-order valence-corrected chi connectivity index (χ3v) is 4.50. The van der Waals surface area contributed by atoms with Crippen LogP contribution in [0.1, 0.15) is 27.2 Å². The third kappa shape index (κ3) is 2.33. The molecule has 0 amide bonds. The lowest BCUT2D eigenvalue weighted by Crippen LogP contribution is -2.25. The van der Waals surface area contributed by atoms with Crippen LogP contribution in [0.4, 0.5) is 11.4 Å². The zero-order valence-electron chi connectivity index (χ0n) is 12.6. The molecule has 20 heavy (non-hydrogen) atoms. The Morgan fingerprint density at radius 3 is 2.75 bits per heavy atom. The fourth-order valence-electron chi connectivity index (χ4n) is 3.11. The van der Waals surface area contributed by atoms with Gasteiger partial charge >= 0.3 is 0 Å². The normalized spacial score (nSPS) is 19.8. The van der Waals surface area contributed by atoms with E-state index in [2.05, 4.69) is 42.8 Å². The van der Waals surface area contributed by atoms with Crippen molar-refractivity contribution in [1.29, 1.82) is 0 Å². The van der Waals surface area contributed by atoms with Crippen LogP contribution in [0.5, 0.6) is 0 Å². The van der Waals surface area contributed by atoms with E-state index in [1.54, 1.807) is 0 Å². The molecule has 0 bridgehead atoms. The number of hydrogen-bond donors (Lipinski definition) is 1. The van der Waals surface area contributed by atoms with Gasteiger partial charge in [-0.15, -0.1) is 0 Å². The number of hydrogen-bond acceptors (Lipinski definition) is 3. The summed E-state index contributed by atoms with van der Waals surface area (Å²) in [6.07, 6.45) is 3.16. The van der Waals surface area contributed by atoms with Gasteiger partial charge in [-0.25, -0.2) is 0 Å². The van der Waals surface area contributed by atoms with Crippen molar-refractivity contribution in [2.24, 2.45) is 11.3 Å². The van der Waals surface area contributed by atoms with E-state index >= 15 is 0 Å².